The molecule has 0 aromatic heterocycles. The molecule has 1 saturated carbocycles. The molecule has 32 heavy (non-hydrogen) atoms. The molecule has 0 heterocycles. The lowest BCUT2D eigenvalue weighted by Gasteiger charge is -2.43. The smallest absolute Gasteiger partial charge is 0.304 e. The zero-order valence-corrected chi connectivity index (χ0v) is 18.0. The Balaban J connectivity index is 1.95. The van der Waals surface area contributed by atoms with E-state index in [9.17, 15) is 20.1 Å². The fraction of sp³-hybridized carbons (Fsp3) is 0.296. The molecule has 3 N–H and O–H groups in total. The second-order valence-electron chi connectivity index (χ2n) is 8.71. The minimum atomic E-state index is -1.16. The van der Waals surface area contributed by atoms with Gasteiger partial charge in [0.2, 0.25) is 0 Å². The van der Waals surface area contributed by atoms with Crippen LogP contribution in [-0.4, -0.2) is 39.6 Å². The van der Waals surface area contributed by atoms with Crippen LogP contribution in [0.3, 0.4) is 0 Å². The second kappa shape index (κ2) is 8.87. The summed E-state index contributed by atoms with van der Waals surface area (Å²) in [5.41, 5.74) is 0.282. The first kappa shape index (κ1) is 22.2. The highest BCUT2D eigenvalue weighted by Crippen LogP contribution is 2.50. The van der Waals surface area contributed by atoms with Crippen molar-refractivity contribution in [2.75, 3.05) is 0 Å². The van der Waals surface area contributed by atoms with E-state index in [1.165, 1.54) is 0 Å². The molecule has 0 amide bonds. The summed E-state index contributed by atoms with van der Waals surface area (Å²) in [5, 5.41) is 31.2. The summed E-state index contributed by atoms with van der Waals surface area (Å²) in [6.07, 6.45) is -3.18. The standard InChI is InChI=1S/C27H28O5/c1-26(18-24(30)31)23(29)17-22(28)25(26)32-27(19-11-5-2-6-12-19,20-13-7-3-8-14-20)21-15-9-4-10-16-21/h2-16,22-23,25,28-29H,17-18H2,1H3,(H,30,31)/t22-,23+,25+,26+/m0/s1. The monoisotopic (exact) mass is 432 g/mol. The fourth-order valence-electron chi connectivity index (χ4n) is 4.92. The molecule has 166 valence electrons. The number of aliphatic carboxylic acids is 1. The molecule has 0 bridgehead atoms. The first-order chi connectivity index (χ1) is 15.4. The van der Waals surface area contributed by atoms with Crippen molar-refractivity contribution < 1.29 is 24.9 Å². The van der Waals surface area contributed by atoms with Crippen molar-refractivity contribution in [2.45, 2.75) is 43.7 Å². The summed E-state index contributed by atoms with van der Waals surface area (Å²) >= 11 is 0. The molecule has 5 nitrogen and oxygen atoms in total. The molecule has 0 spiro atoms. The van der Waals surface area contributed by atoms with Crippen molar-refractivity contribution in [1.29, 1.82) is 0 Å². The number of carbonyl (C=O) groups is 1. The van der Waals surface area contributed by atoms with Crippen LogP contribution < -0.4 is 0 Å². The quantitative estimate of drug-likeness (QED) is 0.492. The maximum absolute atomic E-state index is 11.7. The van der Waals surface area contributed by atoms with Gasteiger partial charge in [-0.1, -0.05) is 97.9 Å². The number of rotatable bonds is 7. The molecule has 1 aliphatic rings. The van der Waals surface area contributed by atoms with Gasteiger partial charge in [0.25, 0.3) is 0 Å². The van der Waals surface area contributed by atoms with Crippen LogP contribution in [0.1, 0.15) is 36.5 Å². The van der Waals surface area contributed by atoms with Crippen molar-refractivity contribution >= 4 is 5.97 Å². The largest absolute Gasteiger partial charge is 0.481 e. The van der Waals surface area contributed by atoms with E-state index in [4.69, 9.17) is 4.74 Å². The van der Waals surface area contributed by atoms with E-state index in [0.717, 1.165) is 16.7 Å². The SMILES string of the molecule is C[C@@]1(CC(=O)O)[C@H](O)C[C@H](O)[C@H]1OC(c1ccccc1)(c1ccccc1)c1ccccc1. The van der Waals surface area contributed by atoms with Gasteiger partial charge in [0.05, 0.1) is 24.7 Å². The van der Waals surface area contributed by atoms with Crippen molar-refractivity contribution in [3.8, 4) is 0 Å². The topological polar surface area (TPSA) is 87.0 Å². The number of benzene rings is 3. The lowest BCUT2D eigenvalue weighted by atomic mass is 9.77. The lowest BCUT2D eigenvalue weighted by Crippen LogP contribution is -2.48. The Morgan fingerprint density at radius 1 is 0.875 bits per heavy atom. The number of aliphatic hydroxyl groups is 2. The molecule has 0 aliphatic heterocycles. The first-order valence-corrected chi connectivity index (χ1v) is 10.8. The predicted molar refractivity (Wildman–Crippen MR) is 121 cm³/mol. The average molecular weight is 433 g/mol. The van der Waals surface area contributed by atoms with E-state index in [0.29, 0.717) is 0 Å². The number of ether oxygens (including phenoxy) is 1. The third-order valence-electron chi connectivity index (χ3n) is 6.60. The van der Waals surface area contributed by atoms with Crippen LogP contribution in [-0.2, 0) is 15.1 Å². The molecule has 3 aromatic rings. The Kier molecular flexibility index (Phi) is 6.15. The van der Waals surface area contributed by atoms with Crippen LogP contribution in [0.4, 0.5) is 0 Å². The Morgan fingerprint density at radius 2 is 1.28 bits per heavy atom. The summed E-state index contributed by atoms with van der Waals surface area (Å²) in [7, 11) is 0. The number of hydrogen-bond acceptors (Lipinski definition) is 4. The van der Waals surface area contributed by atoms with Crippen molar-refractivity contribution in [1.82, 2.24) is 0 Å². The van der Waals surface area contributed by atoms with Crippen LogP contribution in [0.5, 0.6) is 0 Å². The zero-order chi connectivity index (χ0) is 22.8. The second-order valence-corrected chi connectivity index (χ2v) is 8.71. The maximum Gasteiger partial charge on any atom is 0.304 e. The zero-order valence-electron chi connectivity index (χ0n) is 18.0. The van der Waals surface area contributed by atoms with E-state index in [-0.39, 0.29) is 12.8 Å². The number of aliphatic hydroxyl groups excluding tert-OH is 2. The van der Waals surface area contributed by atoms with Gasteiger partial charge in [-0.2, -0.15) is 0 Å². The molecule has 0 radical (unpaired) electrons. The summed E-state index contributed by atoms with van der Waals surface area (Å²) in [6.45, 7) is 1.68. The van der Waals surface area contributed by atoms with Crippen molar-refractivity contribution in [3.05, 3.63) is 108 Å². The van der Waals surface area contributed by atoms with Gasteiger partial charge in [0.15, 0.2) is 0 Å². The number of carboxylic acids is 1. The lowest BCUT2D eigenvalue weighted by molar-refractivity contribution is -0.159. The van der Waals surface area contributed by atoms with E-state index in [1.54, 1.807) is 6.92 Å². The highest BCUT2D eigenvalue weighted by atomic mass is 16.5. The van der Waals surface area contributed by atoms with Crippen LogP contribution in [0.15, 0.2) is 91.0 Å². The van der Waals surface area contributed by atoms with Gasteiger partial charge in [-0.25, -0.2) is 0 Å². The fourth-order valence-corrected chi connectivity index (χ4v) is 4.92. The van der Waals surface area contributed by atoms with Gasteiger partial charge >= 0.3 is 5.97 Å². The molecule has 4 atom stereocenters. The average Bonchev–Trinajstić information content (AvgIpc) is 3.00. The Labute approximate surface area is 187 Å². The van der Waals surface area contributed by atoms with E-state index < -0.39 is 35.3 Å². The molecule has 3 aromatic carbocycles. The normalized spacial score (nSPS) is 25.5. The van der Waals surface area contributed by atoms with Gasteiger partial charge in [-0.05, 0) is 16.7 Å². The summed E-state index contributed by atoms with van der Waals surface area (Å²) in [6, 6.07) is 29.1. The minimum absolute atomic E-state index is 0.0584. The molecule has 4 rings (SSSR count). The molecule has 1 aliphatic carbocycles. The molecular formula is C27H28O5. The molecule has 0 saturated heterocycles. The van der Waals surface area contributed by atoms with Crippen LogP contribution >= 0.6 is 0 Å². The predicted octanol–water partition coefficient (Wildman–Crippen LogP) is 3.97. The van der Waals surface area contributed by atoms with E-state index in [1.807, 2.05) is 91.0 Å². The van der Waals surface area contributed by atoms with Crippen LogP contribution in [0.2, 0.25) is 0 Å². The Morgan fingerprint density at radius 3 is 1.66 bits per heavy atom. The van der Waals surface area contributed by atoms with Gasteiger partial charge in [0.1, 0.15) is 5.60 Å². The summed E-state index contributed by atoms with van der Waals surface area (Å²) < 4.78 is 6.88. The molecule has 1 fully saturated rings. The van der Waals surface area contributed by atoms with Crippen molar-refractivity contribution in [3.63, 3.8) is 0 Å². The third kappa shape index (κ3) is 3.84. The van der Waals surface area contributed by atoms with Gasteiger partial charge in [-0.15, -0.1) is 0 Å². The minimum Gasteiger partial charge on any atom is -0.481 e. The van der Waals surface area contributed by atoms with Gasteiger partial charge < -0.3 is 20.1 Å². The highest BCUT2D eigenvalue weighted by molar-refractivity contribution is 5.68. The first-order valence-electron chi connectivity index (χ1n) is 10.8. The van der Waals surface area contributed by atoms with Gasteiger partial charge in [0, 0.05) is 11.8 Å². The Bertz CT molecular complexity index is 941. The molecule has 0 unspecified atom stereocenters. The Hall–Kier alpha value is -2.99. The summed E-state index contributed by atoms with van der Waals surface area (Å²) in [4.78, 5) is 11.7. The molecule has 5 heteroatoms. The van der Waals surface area contributed by atoms with E-state index in [2.05, 4.69) is 0 Å². The van der Waals surface area contributed by atoms with Crippen LogP contribution in [0, 0.1) is 5.41 Å². The van der Waals surface area contributed by atoms with Gasteiger partial charge in [-0.3, -0.25) is 4.79 Å². The van der Waals surface area contributed by atoms with E-state index >= 15 is 0 Å². The maximum atomic E-state index is 11.7. The summed E-state index contributed by atoms with van der Waals surface area (Å²) in [5.74, 6) is -1.04. The van der Waals surface area contributed by atoms with Crippen molar-refractivity contribution in [2.24, 2.45) is 5.41 Å². The van der Waals surface area contributed by atoms with Crippen LogP contribution in [0.25, 0.3) is 0 Å². The number of hydrogen-bond donors (Lipinski definition) is 3. The third-order valence-corrected chi connectivity index (χ3v) is 6.60. The number of carboxylic acid groups (broad SMARTS) is 1. The highest BCUT2D eigenvalue weighted by Gasteiger charge is 2.56. The molecular weight excluding hydrogens is 404 g/mol.